The molecule has 0 unspecified atom stereocenters. The van der Waals surface area contributed by atoms with Crippen LogP contribution in [0.15, 0.2) is 16.5 Å². The lowest BCUT2D eigenvalue weighted by Gasteiger charge is -2.54. The summed E-state index contributed by atoms with van der Waals surface area (Å²) >= 11 is 0. The molecule has 0 bridgehead atoms. The van der Waals surface area contributed by atoms with Crippen LogP contribution < -0.4 is 5.32 Å². The largest absolute Gasteiger partial charge is 0.460 e. The van der Waals surface area contributed by atoms with Gasteiger partial charge in [0.25, 0.3) is 0 Å². The Labute approximate surface area is 125 Å². The number of carbonyl (C=O) groups excluding carboxylic acids is 1. The number of carbonyl (C=O) groups is 1. The minimum Gasteiger partial charge on any atom is -0.460 e. The highest BCUT2D eigenvalue weighted by Gasteiger charge is 2.58. The number of nitrogens with one attached hydrogen (secondary N) is 1. The minimum atomic E-state index is -0.406. The quantitative estimate of drug-likeness (QED) is 0.844. The van der Waals surface area contributed by atoms with Gasteiger partial charge in [-0.15, -0.1) is 0 Å². The SMILES string of the molecule is CCOC(=O)c1ccc(CN[C@@H]2[C@@H]3CCO[C@H]3C2(C)C)o1. The third-order valence-electron chi connectivity index (χ3n) is 4.73. The molecule has 5 heteroatoms. The van der Waals surface area contributed by atoms with Crippen LogP contribution >= 0.6 is 0 Å². The molecular weight excluding hydrogens is 270 g/mol. The van der Waals surface area contributed by atoms with Gasteiger partial charge in [0.1, 0.15) is 5.76 Å². The predicted octanol–water partition coefficient (Wildman–Crippen LogP) is 2.36. The van der Waals surface area contributed by atoms with Crippen molar-refractivity contribution in [1.82, 2.24) is 5.32 Å². The lowest BCUT2D eigenvalue weighted by molar-refractivity contribution is -0.113. The van der Waals surface area contributed by atoms with Gasteiger partial charge in [-0.05, 0) is 25.5 Å². The van der Waals surface area contributed by atoms with Crippen LogP contribution in [0, 0.1) is 11.3 Å². The first-order valence-electron chi connectivity index (χ1n) is 7.65. The van der Waals surface area contributed by atoms with Gasteiger partial charge in [0, 0.05) is 24.0 Å². The summed E-state index contributed by atoms with van der Waals surface area (Å²) in [4.78, 5) is 11.6. The molecule has 116 valence electrons. The number of hydrogen-bond acceptors (Lipinski definition) is 5. The molecule has 2 fully saturated rings. The molecule has 1 N–H and O–H groups in total. The molecule has 0 amide bonds. The first kappa shape index (κ1) is 14.6. The Balaban J connectivity index is 1.57. The fraction of sp³-hybridized carbons (Fsp3) is 0.688. The zero-order valence-corrected chi connectivity index (χ0v) is 12.8. The maximum absolute atomic E-state index is 11.6. The summed E-state index contributed by atoms with van der Waals surface area (Å²) in [5, 5.41) is 3.56. The summed E-state index contributed by atoms with van der Waals surface area (Å²) < 4.78 is 16.2. The third-order valence-corrected chi connectivity index (χ3v) is 4.73. The summed E-state index contributed by atoms with van der Waals surface area (Å²) in [6.45, 7) is 8.10. The van der Waals surface area contributed by atoms with Crippen LogP contribution in [0.4, 0.5) is 0 Å². The van der Waals surface area contributed by atoms with Gasteiger partial charge in [0.05, 0.1) is 19.3 Å². The number of furan rings is 1. The lowest BCUT2D eigenvalue weighted by atomic mass is 9.57. The van der Waals surface area contributed by atoms with E-state index in [0.717, 1.165) is 18.8 Å². The molecule has 0 aromatic carbocycles. The fourth-order valence-electron chi connectivity index (χ4n) is 3.73. The molecule has 2 heterocycles. The molecule has 1 saturated heterocycles. The molecule has 1 aromatic heterocycles. The first-order valence-corrected chi connectivity index (χ1v) is 7.65. The van der Waals surface area contributed by atoms with Crippen molar-refractivity contribution in [2.24, 2.45) is 11.3 Å². The second kappa shape index (κ2) is 5.46. The molecule has 3 rings (SSSR count). The second-order valence-corrected chi connectivity index (χ2v) is 6.41. The second-order valence-electron chi connectivity index (χ2n) is 6.41. The Morgan fingerprint density at radius 3 is 3.05 bits per heavy atom. The molecule has 1 aliphatic carbocycles. The monoisotopic (exact) mass is 293 g/mol. The summed E-state index contributed by atoms with van der Waals surface area (Å²) in [5.41, 5.74) is 0.151. The Hall–Kier alpha value is -1.33. The molecular formula is C16H23NO4. The van der Waals surface area contributed by atoms with Crippen molar-refractivity contribution in [2.75, 3.05) is 13.2 Å². The van der Waals surface area contributed by atoms with E-state index in [1.54, 1.807) is 13.0 Å². The van der Waals surface area contributed by atoms with Gasteiger partial charge in [-0.25, -0.2) is 4.79 Å². The zero-order chi connectivity index (χ0) is 15.0. The summed E-state index contributed by atoms with van der Waals surface area (Å²) in [7, 11) is 0. The average molecular weight is 293 g/mol. The third kappa shape index (κ3) is 2.49. The van der Waals surface area contributed by atoms with Gasteiger partial charge in [-0.2, -0.15) is 0 Å². The topological polar surface area (TPSA) is 60.7 Å². The Kier molecular flexibility index (Phi) is 3.80. The maximum Gasteiger partial charge on any atom is 0.374 e. The first-order chi connectivity index (χ1) is 10.0. The van der Waals surface area contributed by atoms with Crippen molar-refractivity contribution < 1.29 is 18.7 Å². The van der Waals surface area contributed by atoms with Crippen molar-refractivity contribution in [3.63, 3.8) is 0 Å². The highest BCUT2D eigenvalue weighted by molar-refractivity contribution is 5.86. The van der Waals surface area contributed by atoms with Gasteiger partial charge in [0.15, 0.2) is 0 Å². The van der Waals surface area contributed by atoms with Crippen molar-refractivity contribution in [3.8, 4) is 0 Å². The van der Waals surface area contributed by atoms with E-state index >= 15 is 0 Å². The summed E-state index contributed by atoms with van der Waals surface area (Å²) in [6.07, 6.45) is 1.50. The highest BCUT2D eigenvalue weighted by atomic mass is 16.5. The van der Waals surface area contributed by atoms with E-state index in [2.05, 4.69) is 19.2 Å². The Morgan fingerprint density at radius 1 is 1.48 bits per heavy atom. The Morgan fingerprint density at radius 2 is 2.29 bits per heavy atom. The van der Waals surface area contributed by atoms with Crippen molar-refractivity contribution in [1.29, 1.82) is 0 Å². The van der Waals surface area contributed by atoms with Crippen molar-refractivity contribution >= 4 is 5.97 Å². The number of hydrogen-bond donors (Lipinski definition) is 1. The maximum atomic E-state index is 11.6. The number of esters is 1. The van der Waals surface area contributed by atoms with E-state index in [0.29, 0.717) is 31.2 Å². The molecule has 1 saturated carbocycles. The van der Waals surface area contributed by atoms with Crippen LogP contribution in [0.3, 0.4) is 0 Å². The molecule has 0 spiro atoms. The summed E-state index contributed by atoms with van der Waals surface area (Å²) in [6, 6.07) is 3.93. The van der Waals surface area contributed by atoms with E-state index < -0.39 is 5.97 Å². The molecule has 1 aromatic rings. The van der Waals surface area contributed by atoms with Gasteiger partial charge in [0.2, 0.25) is 5.76 Å². The number of ether oxygens (including phenoxy) is 2. The number of rotatable bonds is 5. The van der Waals surface area contributed by atoms with E-state index in [9.17, 15) is 4.79 Å². The van der Waals surface area contributed by atoms with Gasteiger partial charge in [-0.3, -0.25) is 0 Å². The van der Waals surface area contributed by atoms with Crippen LogP contribution in [0.25, 0.3) is 0 Å². The van der Waals surface area contributed by atoms with Gasteiger partial charge < -0.3 is 19.2 Å². The predicted molar refractivity (Wildman–Crippen MR) is 76.9 cm³/mol. The van der Waals surface area contributed by atoms with E-state index in [1.807, 2.05) is 6.07 Å². The van der Waals surface area contributed by atoms with Crippen molar-refractivity contribution in [2.45, 2.75) is 45.9 Å². The Bertz CT molecular complexity index is 522. The fourth-order valence-corrected chi connectivity index (χ4v) is 3.73. The smallest absolute Gasteiger partial charge is 0.374 e. The molecule has 3 atom stereocenters. The van der Waals surface area contributed by atoms with Crippen molar-refractivity contribution in [3.05, 3.63) is 23.7 Å². The molecule has 0 radical (unpaired) electrons. The lowest BCUT2D eigenvalue weighted by Crippen LogP contribution is -2.65. The molecule has 5 nitrogen and oxygen atoms in total. The zero-order valence-electron chi connectivity index (χ0n) is 12.8. The van der Waals surface area contributed by atoms with Gasteiger partial charge >= 0.3 is 5.97 Å². The normalized spacial score (nSPS) is 29.8. The van der Waals surface area contributed by atoms with Crippen LogP contribution in [-0.2, 0) is 16.0 Å². The van der Waals surface area contributed by atoms with E-state index in [-0.39, 0.29) is 11.2 Å². The van der Waals surface area contributed by atoms with E-state index in [4.69, 9.17) is 13.9 Å². The van der Waals surface area contributed by atoms with Crippen LogP contribution in [0.5, 0.6) is 0 Å². The average Bonchev–Trinajstić information content (AvgIpc) is 3.06. The summed E-state index contributed by atoms with van der Waals surface area (Å²) in [5.74, 6) is 1.22. The molecule has 1 aliphatic heterocycles. The van der Waals surface area contributed by atoms with Gasteiger partial charge in [-0.1, -0.05) is 13.8 Å². The van der Waals surface area contributed by atoms with Crippen LogP contribution in [-0.4, -0.2) is 31.3 Å². The van der Waals surface area contributed by atoms with Crippen LogP contribution in [0.1, 0.15) is 43.5 Å². The minimum absolute atomic E-state index is 0.151. The number of fused-ring (bicyclic) bond motifs is 1. The highest BCUT2D eigenvalue weighted by Crippen LogP contribution is 2.52. The standard InChI is InChI=1S/C16H23NO4/c1-4-19-15(18)12-6-5-10(21-12)9-17-13-11-7-8-20-14(11)16(13,2)3/h5-6,11,13-14,17H,4,7-9H2,1-3H3/t11-,13+,14+/m0/s1. The van der Waals surface area contributed by atoms with E-state index in [1.165, 1.54) is 0 Å². The molecule has 2 aliphatic rings. The molecule has 21 heavy (non-hydrogen) atoms. The van der Waals surface area contributed by atoms with Crippen LogP contribution in [0.2, 0.25) is 0 Å².